The van der Waals surface area contributed by atoms with E-state index in [-0.39, 0.29) is 32.3 Å². The Morgan fingerprint density at radius 1 is 0.419 bits per heavy atom. The maximum atomic E-state index is 12.7. The second-order valence-electron chi connectivity index (χ2n) is 18.8. The zero-order valence-corrected chi connectivity index (χ0v) is 42.5. The molecule has 0 fully saturated rings. The number of hydrogen-bond acceptors (Lipinski definition) is 7. The highest BCUT2D eigenvalue weighted by atomic mass is 31.2. The first-order chi connectivity index (χ1) is 30.4. The smallest absolute Gasteiger partial charge is 0.457 e. The van der Waals surface area contributed by atoms with Crippen molar-refractivity contribution in [3.63, 3.8) is 0 Å². The van der Waals surface area contributed by atoms with E-state index >= 15 is 0 Å². The number of unbranched alkanes of at least 4 members (excludes halogenated alkanes) is 41. The van der Waals surface area contributed by atoms with Crippen LogP contribution < -0.4 is 5.73 Å². The van der Waals surface area contributed by atoms with Gasteiger partial charge in [0.2, 0.25) is 0 Å². The summed E-state index contributed by atoms with van der Waals surface area (Å²) in [6.07, 6.45) is 57.3. The molecule has 0 radical (unpaired) electrons. The van der Waals surface area contributed by atoms with Gasteiger partial charge in [-0.15, -0.1) is 0 Å². The lowest BCUT2D eigenvalue weighted by molar-refractivity contribution is -0.154. The largest absolute Gasteiger partial charge is 0.472 e. The number of nitrogens with two attached hydrogens (primary N) is 1. The lowest BCUT2D eigenvalue weighted by Gasteiger charge is -2.20. The van der Waals surface area contributed by atoms with Gasteiger partial charge in [-0.05, 0) is 12.8 Å². The van der Waals surface area contributed by atoms with Gasteiger partial charge in [-0.1, -0.05) is 277 Å². The Balaban J connectivity index is 3.80. The number of carbonyl (C=O) groups excluding carboxylic acids is 1. The maximum Gasteiger partial charge on any atom is 0.472 e. The van der Waals surface area contributed by atoms with Gasteiger partial charge >= 0.3 is 13.8 Å². The molecule has 0 spiro atoms. The van der Waals surface area contributed by atoms with Gasteiger partial charge in [0.25, 0.3) is 0 Å². The van der Waals surface area contributed by atoms with E-state index in [1.807, 2.05) is 0 Å². The Bertz CT molecular complexity index is 924. The molecule has 372 valence electrons. The highest BCUT2D eigenvalue weighted by molar-refractivity contribution is 7.47. The van der Waals surface area contributed by atoms with E-state index < -0.39 is 13.9 Å². The highest BCUT2D eigenvalue weighted by Gasteiger charge is 2.25. The Labute approximate surface area is 386 Å². The third-order valence-electron chi connectivity index (χ3n) is 12.5. The van der Waals surface area contributed by atoms with E-state index in [1.54, 1.807) is 0 Å². The Morgan fingerprint density at radius 3 is 1.02 bits per heavy atom. The summed E-state index contributed by atoms with van der Waals surface area (Å²) in [6.45, 7) is 5.01. The van der Waals surface area contributed by atoms with E-state index in [9.17, 15) is 14.3 Å². The molecule has 0 aromatic carbocycles. The molecule has 0 heterocycles. The summed E-state index contributed by atoms with van der Waals surface area (Å²) >= 11 is 0. The van der Waals surface area contributed by atoms with E-state index in [0.717, 1.165) is 32.1 Å². The second-order valence-corrected chi connectivity index (χ2v) is 20.3. The number of phosphoric acid groups is 1. The molecular formula is C53H108NO7P. The fraction of sp³-hybridized carbons (Fsp3) is 0.981. The first-order valence-corrected chi connectivity index (χ1v) is 29.0. The van der Waals surface area contributed by atoms with Crippen LogP contribution in [-0.4, -0.2) is 49.9 Å². The number of rotatable bonds is 54. The maximum absolute atomic E-state index is 12.7. The Kier molecular flexibility index (Phi) is 51.1. The summed E-state index contributed by atoms with van der Waals surface area (Å²) in [5.41, 5.74) is 5.39. The van der Waals surface area contributed by atoms with Gasteiger partial charge in [0, 0.05) is 19.6 Å². The van der Waals surface area contributed by atoms with Crippen LogP contribution >= 0.6 is 7.82 Å². The van der Waals surface area contributed by atoms with Gasteiger partial charge in [-0.3, -0.25) is 13.8 Å². The van der Waals surface area contributed by atoms with Crippen LogP contribution in [0.2, 0.25) is 0 Å². The zero-order chi connectivity index (χ0) is 45.1. The predicted molar refractivity (Wildman–Crippen MR) is 266 cm³/mol. The molecule has 0 aromatic heterocycles. The van der Waals surface area contributed by atoms with Crippen molar-refractivity contribution in [1.82, 2.24) is 0 Å². The Morgan fingerprint density at radius 2 is 0.710 bits per heavy atom. The fourth-order valence-corrected chi connectivity index (χ4v) is 9.24. The third-order valence-corrected chi connectivity index (χ3v) is 13.5. The van der Waals surface area contributed by atoms with Crippen LogP contribution in [0.15, 0.2) is 0 Å². The van der Waals surface area contributed by atoms with Crippen molar-refractivity contribution in [3.8, 4) is 0 Å². The SMILES string of the molecule is CCCCCCCCCCCCCCCCCCCCCCCCCCCCCC(=O)O[C@H](COCCCCCCCCCCCCCCCCCC)COP(=O)(O)OCCN. The number of phosphoric ester groups is 1. The van der Waals surface area contributed by atoms with Crippen molar-refractivity contribution in [2.45, 2.75) is 302 Å². The lowest BCUT2D eigenvalue weighted by Crippen LogP contribution is -2.28. The monoisotopic (exact) mass is 902 g/mol. The molecule has 0 saturated heterocycles. The molecule has 0 aliphatic carbocycles. The molecule has 0 aliphatic heterocycles. The molecule has 1 unspecified atom stereocenters. The molecular weight excluding hydrogens is 794 g/mol. The minimum Gasteiger partial charge on any atom is -0.457 e. The predicted octanol–water partition coefficient (Wildman–Crippen LogP) is 17.2. The minimum absolute atomic E-state index is 0.0897. The molecule has 8 nitrogen and oxygen atoms in total. The zero-order valence-electron chi connectivity index (χ0n) is 41.6. The first kappa shape index (κ1) is 61.5. The molecule has 0 bridgehead atoms. The van der Waals surface area contributed by atoms with Crippen LogP contribution in [0, 0.1) is 0 Å². The van der Waals surface area contributed by atoms with E-state index in [2.05, 4.69) is 13.8 Å². The summed E-state index contributed by atoms with van der Waals surface area (Å²) in [5, 5.41) is 0. The summed E-state index contributed by atoms with van der Waals surface area (Å²) in [6, 6.07) is 0. The fourth-order valence-electron chi connectivity index (χ4n) is 8.47. The van der Waals surface area contributed by atoms with Crippen molar-refractivity contribution in [2.24, 2.45) is 5.73 Å². The summed E-state index contributed by atoms with van der Waals surface area (Å²) in [4.78, 5) is 22.6. The number of ether oxygens (including phenoxy) is 2. The van der Waals surface area contributed by atoms with Crippen molar-refractivity contribution in [1.29, 1.82) is 0 Å². The van der Waals surface area contributed by atoms with Crippen molar-refractivity contribution >= 4 is 13.8 Å². The second kappa shape index (κ2) is 51.5. The molecule has 0 aromatic rings. The van der Waals surface area contributed by atoms with Gasteiger partial charge < -0.3 is 20.1 Å². The molecule has 0 saturated carbocycles. The molecule has 0 aliphatic rings. The van der Waals surface area contributed by atoms with E-state index in [4.69, 9.17) is 24.3 Å². The van der Waals surface area contributed by atoms with Crippen LogP contribution in [-0.2, 0) is 27.9 Å². The van der Waals surface area contributed by atoms with Crippen LogP contribution in [0.5, 0.6) is 0 Å². The first-order valence-electron chi connectivity index (χ1n) is 27.5. The lowest BCUT2D eigenvalue weighted by atomic mass is 10.0. The molecule has 62 heavy (non-hydrogen) atoms. The molecule has 2 atom stereocenters. The molecule has 0 amide bonds. The minimum atomic E-state index is -4.27. The molecule has 3 N–H and O–H groups in total. The number of esters is 1. The van der Waals surface area contributed by atoms with Crippen LogP contribution in [0.1, 0.15) is 296 Å². The average molecular weight is 902 g/mol. The van der Waals surface area contributed by atoms with Crippen LogP contribution in [0.25, 0.3) is 0 Å². The quantitative estimate of drug-likeness (QED) is 0.0352. The average Bonchev–Trinajstić information content (AvgIpc) is 3.26. The number of hydrogen-bond donors (Lipinski definition) is 2. The summed E-state index contributed by atoms with van der Waals surface area (Å²) in [7, 11) is -4.27. The standard InChI is InChI=1S/C53H108NO7P/c1-3-5-7-9-11-13-15-17-19-21-22-23-24-25-26-27-28-29-30-31-32-34-36-38-40-42-44-46-53(55)61-52(51-60-62(56,57)59-49-47-54)50-58-48-45-43-41-39-37-35-33-20-18-16-14-12-10-8-6-4-2/h52H,3-51,54H2,1-2H3,(H,56,57)/t52-/m1/s1. The van der Waals surface area contributed by atoms with Crippen molar-refractivity contribution in [3.05, 3.63) is 0 Å². The van der Waals surface area contributed by atoms with E-state index in [1.165, 1.54) is 244 Å². The van der Waals surface area contributed by atoms with Crippen molar-refractivity contribution in [2.75, 3.05) is 33.0 Å². The molecule has 9 heteroatoms. The Hall–Kier alpha value is -0.500. The topological polar surface area (TPSA) is 117 Å². The third kappa shape index (κ3) is 50.5. The molecule has 0 rings (SSSR count). The van der Waals surface area contributed by atoms with Crippen molar-refractivity contribution < 1.29 is 32.8 Å². The summed E-state index contributed by atoms with van der Waals surface area (Å²) in [5.74, 6) is -0.320. The van der Waals surface area contributed by atoms with Crippen LogP contribution in [0.3, 0.4) is 0 Å². The van der Waals surface area contributed by atoms with Crippen LogP contribution in [0.4, 0.5) is 0 Å². The van der Waals surface area contributed by atoms with Gasteiger partial charge in [0.1, 0.15) is 6.10 Å². The highest BCUT2D eigenvalue weighted by Crippen LogP contribution is 2.43. The van der Waals surface area contributed by atoms with Gasteiger partial charge in [-0.2, -0.15) is 0 Å². The van der Waals surface area contributed by atoms with Gasteiger partial charge in [-0.25, -0.2) is 4.57 Å². The van der Waals surface area contributed by atoms with Gasteiger partial charge in [0.15, 0.2) is 0 Å². The summed E-state index contributed by atoms with van der Waals surface area (Å²) < 4.78 is 33.6. The normalized spacial score (nSPS) is 13.2. The van der Waals surface area contributed by atoms with Gasteiger partial charge in [0.05, 0.1) is 19.8 Å². The van der Waals surface area contributed by atoms with E-state index in [0.29, 0.717) is 13.0 Å². The number of carbonyl (C=O) groups is 1.